The molecule has 0 aliphatic carbocycles. The van der Waals surface area contributed by atoms with Crippen LogP contribution in [0.1, 0.15) is 6.42 Å². The Morgan fingerprint density at radius 2 is 2.11 bits per heavy atom. The molecule has 2 heterocycles. The van der Waals surface area contributed by atoms with Crippen molar-refractivity contribution in [3.8, 4) is 11.3 Å². The number of thiazole rings is 1. The SMILES string of the molecule is NC1CC(=O)N(c2nc(-c3ccc(Br)cc3)cs2)C1. The van der Waals surface area contributed by atoms with Crippen molar-refractivity contribution in [2.45, 2.75) is 12.5 Å². The molecule has 98 valence electrons. The van der Waals surface area contributed by atoms with Crippen molar-refractivity contribution >= 4 is 38.3 Å². The summed E-state index contributed by atoms with van der Waals surface area (Å²) in [5.74, 6) is 0.0595. The van der Waals surface area contributed by atoms with Crippen LogP contribution in [0.2, 0.25) is 0 Å². The maximum absolute atomic E-state index is 11.8. The molecule has 1 unspecified atom stereocenters. The summed E-state index contributed by atoms with van der Waals surface area (Å²) in [4.78, 5) is 18.0. The highest BCUT2D eigenvalue weighted by atomic mass is 79.9. The van der Waals surface area contributed by atoms with Crippen LogP contribution in [0.15, 0.2) is 34.1 Å². The number of amides is 1. The molecule has 0 radical (unpaired) electrons. The smallest absolute Gasteiger partial charge is 0.230 e. The minimum atomic E-state index is -0.0764. The van der Waals surface area contributed by atoms with Crippen molar-refractivity contribution in [2.75, 3.05) is 11.4 Å². The summed E-state index contributed by atoms with van der Waals surface area (Å²) in [6.45, 7) is 0.562. The number of hydrogen-bond donors (Lipinski definition) is 1. The number of rotatable bonds is 2. The van der Waals surface area contributed by atoms with E-state index in [1.807, 2.05) is 29.6 Å². The number of carbonyl (C=O) groups is 1. The van der Waals surface area contributed by atoms with Crippen molar-refractivity contribution in [1.82, 2.24) is 4.98 Å². The fraction of sp³-hybridized carbons (Fsp3) is 0.231. The third-order valence-corrected chi connectivity index (χ3v) is 4.41. The number of aromatic nitrogens is 1. The van der Waals surface area contributed by atoms with Gasteiger partial charge in [-0.15, -0.1) is 11.3 Å². The molecule has 19 heavy (non-hydrogen) atoms. The lowest BCUT2D eigenvalue weighted by molar-refractivity contribution is -0.117. The summed E-state index contributed by atoms with van der Waals surface area (Å²) < 4.78 is 1.03. The maximum Gasteiger partial charge on any atom is 0.230 e. The van der Waals surface area contributed by atoms with Gasteiger partial charge in [-0.05, 0) is 12.1 Å². The Balaban J connectivity index is 1.87. The van der Waals surface area contributed by atoms with E-state index in [9.17, 15) is 4.79 Å². The van der Waals surface area contributed by atoms with Crippen LogP contribution in [0.5, 0.6) is 0 Å². The van der Waals surface area contributed by atoms with Crippen LogP contribution in [-0.4, -0.2) is 23.5 Å². The van der Waals surface area contributed by atoms with Gasteiger partial charge in [0.2, 0.25) is 5.91 Å². The first-order valence-corrected chi connectivity index (χ1v) is 7.58. The third kappa shape index (κ3) is 2.56. The van der Waals surface area contributed by atoms with Gasteiger partial charge in [-0.2, -0.15) is 0 Å². The zero-order valence-corrected chi connectivity index (χ0v) is 12.4. The number of anilines is 1. The molecule has 1 aliphatic rings. The van der Waals surface area contributed by atoms with E-state index in [0.29, 0.717) is 13.0 Å². The largest absolute Gasteiger partial charge is 0.326 e. The number of nitrogens with zero attached hydrogens (tertiary/aromatic N) is 2. The van der Waals surface area contributed by atoms with E-state index in [-0.39, 0.29) is 11.9 Å². The zero-order chi connectivity index (χ0) is 13.4. The maximum atomic E-state index is 11.8. The van der Waals surface area contributed by atoms with Gasteiger partial charge in [0.15, 0.2) is 5.13 Å². The first kappa shape index (κ1) is 12.8. The van der Waals surface area contributed by atoms with Crippen LogP contribution in [0.3, 0.4) is 0 Å². The van der Waals surface area contributed by atoms with Crippen molar-refractivity contribution < 1.29 is 4.79 Å². The summed E-state index contributed by atoms with van der Waals surface area (Å²) in [5, 5.41) is 2.70. The summed E-state index contributed by atoms with van der Waals surface area (Å²) in [5.41, 5.74) is 7.73. The van der Waals surface area contributed by atoms with Gasteiger partial charge in [-0.3, -0.25) is 9.69 Å². The molecule has 1 atom stereocenters. The highest BCUT2D eigenvalue weighted by Crippen LogP contribution is 2.30. The lowest BCUT2D eigenvalue weighted by Gasteiger charge is -2.11. The number of nitrogens with two attached hydrogens (primary N) is 1. The molecule has 1 fully saturated rings. The number of halogens is 1. The van der Waals surface area contributed by atoms with E-state index >= 15 is 0 Å². The first-order valence-electron chi connectivity index (χ1n) is 5.91. The topological polar surface area (TPSA) is 59.2 Å². The zero-order valence-electron chi connectivity index (χ0n) is 10.0. The summed E-state index contributed by atoms with van der Waals surface area (Å²) >= 11 is 4.89. The number of hydrogen-bond acceptors (Lipinski definition) is 4. The molecule has 6 heteroatoms. The third-order valence-electron chi connectivity index (χ3n) is 3.02. The molecule has 2 aromatic rings. The highest BCUT2D eigenvalue weighted by molar-refractivity contribution is 9.10. The fourth-order valence-corrected chi connectivity index (χ4v) is 3.19. The normalized spacial score (nSPS) is 19.2. The minimum Gasteiger partial charge on any atom is -0.326 e. The van der Waals surface area contributed by atoms with E-state index in [0.717, 1.165) is 20.9 Å². The fourth-order valence-electron chi connectivity index (χ4n) is 2.06. The van der Waals surface area contributed by atoms with E-state index in [2.05, 4.69) is 20.9 Å². The summed E-state index contributed by atoms with van der Waals surface area (Å²) in [7, 11) is 0. The molecular formula is C13H12BrN3OS. The second-order valence-corrected chi connectivity index (χ2v) is 6.24. The lowest BCUT2D eigenvalue weighted by atomic mass is 10.2. The van der Waals surface area contributed by atoms with Gasteiger partial charge in [0, 0.05) is 34.4 Å². The lowest BCUT2D eigenvalue weighted by Crippen LogP contribution is -2.27. The van der Waals surface area contributed by atoms with E-state index in [4.69, 9.17) is 5.73 Å². The molecule has 1 aromatic carbocycles. The molecule has 1 saturated heterocycles. The summed E-state index contributed by atoms with van der Waals surface area (Å²) in [6.07, 6.45) is 0.410. The average molecular weight is 338 g/mol. The van der Waals surface area contributed by atoms with Gasteiger partial charge >= 0.3 is 0 Å². The Morgan fingerprint density at radius 3 is 2.74 bits per heavy atom. The van der Waals surface area contributed by atoms with Gasteiger partial charge in [0.25, 0.3) is 0 Å². The van der Waals surface area contributed by atoms with Crippen LogP contribution in [-0.2, 0) is 4.79 Å². The summed E-state index contributed by atoms with van der Waals surface area (Å²) in [6, 6.07) is 7.88. The standard InChI is InChI=1S/C13H12BrN3OS/c14-9-3-1-8(2-4-9)11-7-19-13(16-11)17-6-10(15)5-12(17)18/h1-4,7,10H,5-6,15H2. The van der Waals surface area contributed by atoms with Crippen molar-refractivity contribution in [3.63, 3.8) is 0 Å². The Morgan fingerprint density at radius 1 is 1.37 bits per heavy atom. The molecule has 1 aromatic heterocycles. The first-order chi connectivity index (χ1) is 9.13. The van der Waals surface area contributed by atoms with Crippen LogP contribution in [0, 0.1) is 0 Å². The quantitative estimate of drug-likeness (QED) is 0.916. The van der Waals surface area contributed by atoms with E-state index in [1.165, 1.54) is 11.3 Å². The number of carbonyl (C=O) groups excluding carboxylic acids is 1. The van der Waals surface area contributed by atoms with Gasteiger partial charge in [-0.1, -0.05) is 28.1 Å². The van der Waals surface area contributed by atoms with E-state index in [1.54, 1.807) is 4.90 Å². The van der Waals surface area contributed by atoms with Crippen LogP contribution in [0.4, 0.5) is 5.13 Å². The van der Waals surface area contributed by atoms with Crippen LogP contribution < -0.4 is 10.6 Å². The molecule has 1 aliphatic heterocycles. The molecule has 0 saturated carbocycles. The Hall–Kier alpha value is -1.24. The second kappa shape index (κ2) is 5.03. The van der Waals surface area contributed by atoms with Gasteiger partial charge < -0.3 is 5.73 Å². The molecule has 2 N–H and O–H groups in total. The molecule has 0 spiro atoms. The molecule has 4 nitrogen and oxygen atoms in total. The van der Waals surface area contributed by atoms with Gasteiger partial charge in [0.1, 0.15) is 0 Å². The van der Waals surface area contributed by atoms with Crippen molar-refractivity contribution in [1.29, 1.82) is 0 Å². The van der Waals surface area contributed by atoms with Gasteiger partial charge in [0.05, 0.1) is 5.69 Å². The average Bonchev–Trinajstić information content (AvgIpc) is 2.97. The monoisotopic (exact) mass is 337 g/mol. The highest BCUT2D eigenvalue weighted by Gasteiger charge is 2.29. The van der Waals surface area contributed by atoms with Crippen LogP contribution in [0.25, 0.3) is 11.3 Å². The van der Waals surface area contributed by atoms with Gasteiger partial charge in [-0.25, -0.2) is 4.98 Å². The Bertz CT molecular complexity index is 611. The van der Waals surface area contributed by atoms with Crippen molar-refractivity contribution in [2.24, 2.45) is 5.73 Å². The minimum absolute atomic E-state index is 0.0595. The molecular weight excluding hydrogens is 326 g/mol. The van der Waals surface area contributed by atoms with Crippen LogP contribution >= 0.6 is 27.3 Å². The number of benzene rings is 1. The Labute approximate surface area is 123 Å². The predicted molar refractivity (Wildman–Crippen MR) is 80.2 cm³/mol. The molecule has 1 amide bonds. The molecule has 3 rings (SSSR count). The second-order valence-electron chi connectivity index (χ2n) is 4.49. The Kier molecular flexibility index (Phi) is 3.38. The predicted octanol–water partition coefficient (Wildman–Crippen LogP) is 2.64. The van der Waals surface area contributed by atoms with E-state index < -0.39 is 0 Å². The molecule has 0 bridgehead atoms. The van der Waals surface area contributed by atoms with Crippen molar-refractivity contribution in [3.05, 3.63) is 34.1 Å².